The number of carbonyl (C=O) groups is 1. The number of fused-ring (bicyclic) bond motifs is 2. The quantitative estimate of drug-likeness (QED) is 0.445. The number of nitrogens with zero attached hydrogens (tertiary/aromatic N) is 1. The first-order chi connectivity index (χ1) is 15.1. The third-order valence-corrected chi connectivity index (χ3v) is 5.78. The molecule has 0 radical (unpaired) electrons. The molecule has 0 saturated heterocycles. The molecule has 5 nitrogen and oxygen atoms in total. The fourth-order valence-electron chi connectivity index (χ4n) is 4.08. The molecule has 6 heteroatoms. The van der Waals surface area contributed by atoms with Crippen LogP contribution in [0, 0.1) is 0 Å². The van der Waals surface area contributed by atoms with Gasteiger partial charge in [0.05, 0.1) is 24.1 Å². The van der Waals surface area contributed by atoms with Gasteiger partial charge >= 0.3 is 0 Å². The zero-order chi connectivity index (χ0) is 21.5. The molecule has 154 valence electrons. The molecule has 0 fully saturated rings. The van der Waals surface area contributed by atoms with E-state index in [-0.39, 0.29) is 17.1 Å². The highest BCUT2D eigenvalue weighted by molar-refractivity contribution is 6.30. The summed E-state index contributed by atoms with van der Waals surface area (Å²) < 4.78 is 11.2. The number of amides is 1. The minimum Gasteiger partial charge on any atom is -0.497 e. The van der Waals surface area contributed by atoms with Crippen molar-refractivity contribution in [3.63, 3.8) is 0 Å². The molecule has 1 amide bonds. The average molecular weight is 432 g/mol. The minimum absolute atomic E-state index is 0.0854. The number of methoxy groups -OCH3 is 1. The van der Waals surface area contributed by atoms with Gasteiger partial charge in [-0.05, 0) is 47.5 Å². The molecule has 0 N–H and O–H groups in total. The molecule has 31 heavy (non-hydrogen) atoms. The third-order valence-electron chi connectivity index (χ3n) is 5.55. The number of rotatable bonds is 4. The molecule has 0 spiro atoms. The van der Waals surface area contributed by atoms with E-state index in [1.807, 2.05) is 36.4 Å². The van der Waals surface area contributed by atoms with Gasteiger partial charge in [-0.1, -0.05) is 48.0 Å². The van der Waals surface area contributed by atoms with Gasteiger partial charge in [-0.15, -0.1) is 0 Å². The number of halogens is 1. The molecular weight excluding hydrogens is 414 g/mol. The van der Waals surface area contributed by atoms with Crippen molar-refractivity contribution in [1.82, 2.24) is 4.90 Å². The van der Waals surface area contributed by atoms with E-state index in [2.05, 4.69) is 0 Å². The van der Waals surface area contributed by atoms with Gasteiger partial charge in [-0.3, -0.25) is 9.59 Å². The molecule has 1 aliphatic heterocycles. The van der Waals surface area contributed by atoms with E-state index in [1.165, 1.54) is 0 Å². The summed E-state index contributed by atoms with van der Waals surface area (Å²) in [6, 6.07) is 21.1. The molecule has 0 unspecified atom stereocenters. The predicted molar refractivity (Wildman–Crippen MR) is 119 cm³/mol. The number of hydrogen-bond acceptors (Lipinski definition) is 4. The van der Waals surface area contributed by atoms with Crippen LogP contribution < -0.4 is 10.2 Å². The SMILES string of the molecule is COc1ccc(CN2C(=O)c3oc4ccccc4c(=O)c3[C@@H]2c2cccc(Cl)c2)cc1. The molecule has 0 saturated carbocycles. The Kier molecular flexibility index (Phi) is 4.75. The molecule has 0 bridgehead atoms. The molecule has 1 atom stereocenters. The van der Waals surface area contributed by atoms with E-state index in [4.69, 9.17) is 20.8 Å². The van der Waals surface area contributed by atoms with Gasteiger partial charge < -0.3 is 14.1 Å². The summed E-state index contributed by atoms with van der Waals surface area (Å²) >= 11 is 6.24. The Labute approximate surface area is 183 Å². The Morgan fingerprint density at radius 3 is 2.52 bits per heavy atom. The highest BCUT2D eigenvalue weighted by Crippen LogP contribution is 2.39. The first kappa shape index (κ1) is 19.4. The number of carbonyl (C=O) groups excluding carboxylic acids is 1. The Balaban J connectivity index is 1.69. The van der Waals surface area contributed by atoms with Crippen LogP contribution in [0.4, 0.5) is 0 Å². The summed E-state index contributed by atoms with van der Waals surface area (Å²) in [5.74, 6) is 0.495. The monoisotopic (exact) mass is 431 g/mol. The molecule has 1 aromatic heterocycles. The highest BCUT2D eigenvalue weighted by Gasteiger charge is 2.42. The molecule has 0 aliphatic carbocycles. The van der Waals surface area contributed by atoms with Crippen molar-refractivity contribution in [3.05, 3.63) is 110 Å². The molecule has 4 aromatic rings. The van der Waals surface area contributed by atoms with E-state index in [0.717, 1.165) is 16.9 Å². The maximum atomic E-state index is 13.4. The van der Waals surface area contributed by atoms with E-state index in [1.54, 1.807) is 48.4 Å². The standard InChI is InChI=1S/C25H18ClNO4/c1-30-18-11-9-15(10-12-18)14-27-22(16-5-4-6-17(26)13-16)21-23(28)19-7-2-3-8-20(19)31-24(21)25(27)29/h2-13,22H,14H2,1H3/t22-/m0/s1. The zero-order valence-electron chi connectivity index (χ0n) is 16.7. The van der Waals surface area contributed by atoms with Crippen molar-refractivity contribution in [2.75, 3.05) is 7.11 Å². The summed E-state index contributed by atoms with van der Waals surface area (Å²) in [7, 11) is 1.60. The van der Waals surface area contributed by atoms with Crippen molar-refractivity contribution < 1.29 is 13.9 Å². The number of para-hydroxylation sites is 1. The van der Waals surface area contributed by atoms with Crippen LogP contribution in [-0.2, 0) is 6.54 Å². The molecular formula is C25H18ClNO4. The minimum atomic E-state index is -0.593. The van der Waals surface area contributed by atoms with Gasteiger partial charge in [0.15, 0.2) is 5.43 Å². The van der Waals surface area contributed by atoms with Gasteiger partial charge in [0.25, 0.3) is 5.91 Å². The lowest BCUT2D eigenvalue weighted by Crippen LogP contribution is -2.29. The second-order valence-corrected chi connectivity index (χ2v) is 7.85. The van der Waals surface area contributed by atoms with Crippen LogP contribution in [0.5, 0.6) is 5.75 Å². The molecule has 2 heterocycles. The summed E-state index contributed by atoms with van der Waals surface area (Å²) in [6.45, 7) is 0.306. The van der Waals surface area contributed by atoms with Crippen LogP contribution in [-0.4, -0.2) is 17.9 Å². The largest absolute Gasteiger partial charge is 0.497 e. The van der Waals surface area contributed by atoms with Crippen molar-refractivity contribution in [1.29, 1.82) is 0 Å². The Hall–Kier alpha value is -3.57. The average Bonchev–Trinajstić information content (AvgIpc) is 3.06. The fraction of sp³-hybridized carbons (Fsp3) is 0.120. The van der Waals surface area contributed by atoms with Crippen LogP contribution in [0.1, 0.15) is 33.3 Å². The van der Waals surface area contributed by atoms with Crippen LogP contribution in [0.3, 0.4) is 0 Å². The topological polar surface area (TPSA) is 59.8 Å². The second-order valence-electron chi connectivity index (χ2n) is 7.41. The van der Waals surface area contributed by atoms with E-state index in [0.29, 0.717) is 28.1 Å². The second kappa shape index (κ2) is 7.60. The molecule has 5 rings (SSSR count). The third kappa shape index (κ3) is 3.27. The van der Waals surface area contributed by atoms with E-state index >= 15 is 0 Å². The number of ether oxygens (including phenoxy) is 1. The van der Waals surface area contributed by atoms with Gasteiger partial charge in [-0.25, -0.2) is 0 Å². The van der Waals surface area contributed by atoms with Crippen LogP contribution in [0.15, 0.2) is 82.0 Å². The van der Waals surface area contributed by atoms with E-state index in [9.17, 15) is 9.59 Å². The lowest BCUT2D eigenvalue weighted by Gasteiger charge is -2.25. The van der Waals surface area contributed by atoms with Crippen molar-refractivity contribution in [2.45, 2.75) is 12.6 Å². The van der Waals surface area contributed by atoms with Crippen molar-refractivity contribution in [3.8, 4) is 5.75 Å². The predicted octanol–water partition coefficient (Wildman–Crippen LogP) is 5.20. The lowest BCUT2D eigenvalue weighted by molar-refractivity contribution is 0.0714. The Morgan fingerprint density at radius 1 is 1.00 bits per heavy atom. The zero-order valence-corrected chi connectivity index (χ0v) is 17.4. The summed E-state index contributed by atoms with van der Waals surface area (Å²) in [4.78, 5) is 28.5. The van der Waals surface area contributed by atoms with Gasteiger partial charge in [0, 0.05) is 11.6 Å². The maximum Gasteiger partial charge on any atom is 0.291 e. The van der Waals surface area contributed by atoms with Crippen molar-refractivity contribution >= 4 is 28.5 Å². The van der Waals surface area contributed by atoms with Crippen molar-refractivity contribution in [2.24, 2.45) is 0 Å². The van der Waals surface area contributed by atoms with Gasteiger partial charge in [0.2, 0.25) is 5.76 Å². The first-order valence-corrected chi connectivity index (χ1v) is 10.2. The van der Waals surface area contributed by atoms with Crippen LogP contribution in [0.25, 0.3) is 11.0 Å². The fourth-order valence-corrected chi connectivity index (χ4v) is 4.28. The maximum absolute atomic E-state index is 13.4. The lowest BCUT2D eigenvalue weighted by atomic mass is 9.98. The number of hydrogen-bond donors (Lipinski definition) is 0. The van der Waals surface area contributed by atoms with Gasteiger partial charge in [0.1, 0.15) is 11.3 Å². The Morgan fingerprint density at radius 2 is 1.77 bits per heavy atom. The van der Waals surface area contributed by atoms with Crippen LogP contribution >= 0.6 is 11.6 Å². The summed E-state index contributed by atoms with van der Waals surface area (Å²) in [5.41, 5.74) is 2.21. The number of benzene rings is 3. The smallest absolute Gasteiger partial charge is 0.291 e. The normalized spacial score (nSPS) is 15.4. The summed E-state index contributed by atoms with van der Waals surface area (Å²) in [5, 5.41) is 0.986. The molecule has 1 aliphatic rings. The van der Waals surface area contributed by atoms with Crippen LogP contribution in [0.2, 0.25) is 5.02 Å². The van der Waals surface area contributed by atoms with E-state index < -0.39 is 6.04 Å². The highest BCUT2D eigenvalue weighted by atomic mass is 35.5. The first-order valence-electron chi connectivity index (χ1n) is 9.82. The summed E-state index contributed by atoms with van der Waals surface area (Å²) in [6.07, 6.45) is 0. The van der Waals surface area contributed by atoms with Gasteiger partial charge in [-0.2, -0.15) is 0 Å². The molecule has 3 aromatic carbocycles. The Bertz CT molecular complexity index is 1360.